The van der Waals surface area contributed by atoms with Gasteiger partial charge in [0.25, 0.3) is 0 Å². The second kappa shape index (κ2) is 36.4. The Morgan fingerprint density at radius 1 is 1.33 bits per heavy atom. The minimum absolute atomic E-state index is 0. The predicted octanol–water partition coefficient (Wildman–Crippen LogP) is 0.533. The quantitative estimate of drug-likeness (QED) is 0.549. The first-order chi connectivity index (χ1) is 5.83. The molecule has 15 heavy (non-hydrogen) atoms. The molecule has 0 spiro atoms. The molecule has 0 saturated heterocycles. The van der Waals surface area contributed by atoms with Crippen LogP contribution in [0.2, 0.25) is 0 Å². The molecule has 0 saturated carbocycles. The molecule has 0 unspecified atom stereocenters. The summed E-state index contributed by atoms with van der Waals surface area (Å²) in [6, 6.07) is 0. The number of hydrogen-bond donors (Lipinski definition) is 2. The van der Waals surface area contributed by atoms with Gasteiger partial charge in [0.2, 0.25) is 0 Å². The molecule has 0 heterocycles. The number of aliphatic hydroxyl groups excluding tert-OH is 2. The maximum atomic E-state index is 9.07. The fourth-order valence-electron chi connectivity index (χ4n) is 0.340. The van der Waals surface area contributed by atoms with E-state index in [4.69, 9.17) is 13.5 Å². The Morgan fingerprint density at radius 3 is 1.80 bits per heavy atom. The number of hydrogen-bond acceptors (Lipinski definition) is 3. The molecule has 92 valence electrons. The van der Waals surface area contributed by atoms with Crippen molar-refractivity contribution >= 4 is 32.4 Å². The molecule has 0 aromatic heterocycles. The first kappa shape index (κ1) is 29.6. The molecule has 1 aliphatic rings. The zero-order valence-electron chi connectivity index (χ0n) is 8.68. The van der Waals surface area contributed by atoms with E-state index in [0.717, 1.165) is 6.42 Å². The van der Waals surface area contributed by atoms with Crippen molar-refractivity contribution < 1.29 is 31.4 Å². The second-order valence-corrected chi connectivity index (χ2v) is 3.24. The first-order valence-corrected chi connectivity index (χ1v) is 8.06. The van der Waals surface area contributed by atoms with Gasteiger partial charge in [0.1, 0.15) is 0 Å². The summed E-state index contributed by atoms with van der Waals surface area (Å²) in [6.45, 7) is -0.250. The van der Waals surface area contributed by atoms with Crippen LogP contribution < -0.4 is 0 Å². The summed E-state index contributed by atoms with van der Waals surface area (Å²) < 4.78 is 9.07. The maximum absolute atomic E-state index is 9.07. The number of halogens is 2. The van der Waals surface area contributed by atoms with E-state index in [1.54, 1.807) is 7.63 Å². The molecular weight excluding hydrogens is 291 g/mol. The van der Waals surface area contributed by atoms with Gasteiger partial charge in [-0.2, -0.15) is 6.08 Å². The van der Waals surface area contributed by atoms with Crippen LogP contribution in [0, 0.1) is 13.5 Å². The Hall–Kier alpha value is 0.711. The summed E-state index contributed by atoms with van der Waals surface area (Å²) in [4.78, 5) is 0. The van der Waals surface area contributed by atoms with Crippen LogP contribution in [0.3, 0.4) is 0 Å². The van der Waals surface area contributed by atoms with E-state index < -0.39 is 17.9 Å². The molecule has 1 rings (SSSR count). The van der Waals surface area contributed by atoms with E-state index in [0.29, 0.717) is 0 Å². The standard InChI is InChI=1S/C5H5.C2H6O2.CH3.2ClH.O.H2Si.Ti/c1-2-4-5-3-1;3-1-2-4;;;;;;/h1-3H,4H2;3-4H,1-2H2;1H3;2*1H;;1H2;/q-1;;-1;;;;;. The second-order valence-electron chi connectivity index (χ2n) is 1.59. The molecule has 0 bridgehead atoms. The number of rotatable bonds is 1. The van der Waals surface area contributed by atoms with Gasteiger partial charge in [0, 0.05) is 0 Å². The van der Waals surface area contributed by atoms with Gasteiger partial charge in [-0.1, -0.05) is 0 Å². The molecule has 0 aromatic carbocycles. The fraction of sp³-hybridized carbons (Fsp3) is 0.375. The van der Waals surface area contributed by atoms with Gasteiger partial charge in [0.05, 0.1) is 13.2 Å². The third-order valence-electron chi connectivity index (χ3n) is 0.686. The molecule has 7 heteroatoms. The van der Waals surface area contributed by atoms with E-state index in [2.05, 4.69) is 12.2 Å². The average Bonchev–Trinajstić information content (AvgIpc) is 2.62. The first-order valence-electron chi connectivity index (χ1n) is 3.41. The number of allylic oxidation sites excluding steroid dienone is 4. The zero-order valence-corrected chi connectivity index (χ0v) is 13.3. The topological polar surface area (TPSA) is 57.5 Å². The molecule has 0 radical (unpaired) electrons. The van der Waals surface area contributed by atoms with Crippen molar-refractivity contribution in [2.45, 2.75) is 6.42 Å². The van der Waals surface area contributed by atoms with Crippen molar-refractivity contribution in [3.63, 3.8) is 0 Å². The SMILES string of the molecule is Cl.Cl.OCCO.[C-]1=CC=CC1.[CH3-].[O]=[Ti]=[SiH2]. The van der Waals surface area contributed by atoms with Crippen LogP contribution >= 0.6 is 24.8 Å². The van der Waals surface area contributed by atoms with Gasteiger partial charge in [-0.25, -0.2) is 12.2 Å². The van der Waals surface area contributed by atoms with Gasteiger partial charge in [-0.15, -0.1) is 31.2 Å². The van der Waals surface area contributed by atoms with Crippen LogP contribution in [0.25, 0.3) is 0 Å². The van der Waals surface area contributed by atoms with Crippen LogP contribution in [0.4, 0.5) is 0 Å². The average molecular weight is 309 g/mol. The Labute approximate surface area is 115 Å². The van der Waals surface area contributed by atoms with Crippen molar-refractivity contribution in [3.05, 3.63) is 31.7 Å². The fourth-order valence-corrected chi connectivity index (χ4v) is 0.340. The minimum atomic E-state index is -0.722. The Kier molecular flexibility index (Phi) is 72.0. The van der Waals surface area contributed by atoms with Crippen LogP contribution in [0.5, 0.6) is 0 Å². The number of aliphatic hydroxyl groups is 2. The molecule has 0 aromatic rings. The Morgan fingerprint density at radius 2 is 1.73 bits per heavy atom. The van der Waals surface area contributed by atoms with Crippen molar-refractivity contribution in [1.82, 2.24) is 0 Å². The Balaban J connectivity index is -0.0000000313. The summed E-state index contributed by atoms with van der Waals surface area (Å²) in [5.41, 5.74) is 0. The summed E-state index contributed by atoms with van der Waals surface area (Å²) >= 11 is -0.722. The summed E-state index contributed by atoms with van der Waals surface area (Å²) in [5, 5.41) is 15.2. The monoisotopic (exact) mass is 308 g/mol. The van der Waals surface area contributed by atoms with E-state index in [9.17, 15) is 0 Å². The van der Waals surface area contributed by atoms with E-state index >= 15 is 0 Å². The molecule has 0 aliphatic heterocycles. The van der Waals surface area contributed by atoms with Gasteiger partial charge < -0.3 is 17.6 Å². The third kappa shape index (κ3) is 52.8. The van der Waals surface area contributed by atoms with Gasteiger partial charge in [-0.05, 0) is 0 Å². The summed E-state index contributed by atoms with van der Waals surface area (Å²) in [7, 11) is 1.54. The van der Waals surface area contributed by atoms with Crippen molar-refractivity contribution in [1.29, 1.82) is 0 Å². The molecule has 0 fully saturated rings. The molecule has 2 N–H and O–H groups in total. The van der Waals surface area contributed by atoms with Crippen molar-refractivity contribution in [2.75, 3.05) is 13.2 Å². The van der Waals surface area contributed by atoms with E-state index in [1.807, 2.05) is 12.2 Å². The molecular formula is C8H18Cl2O3SiTi-2. The molecule has 3 nitrogen and oxygen atoms in total. The van der Waals surface area contributed by atoms with Gasteiger partial charge in [0.15, 0.2) is 0 Å². The summed E-state index contributed by atoms with van der Waals surface area (Å²) in [6.07, 6.45) is 10.0. The van der Waals surface area contributed by atoms with Crippen LogP contribution in [-0.2, 0) is 21.2 Å². The van der Waals surface area contributed by atoms with Gasteiger partial charge in [-0.3, -0.25) is 6.08 Å². The van der Waals surface area contributed by atoms with Crippen molar-refractivity contribution in [3.8, 4) is 0 Å². The van der Waals surface area contributed by atoms with Gasteiger partial charge >= 0.3 is 28.8 Å². The van der Waals surface area contributed by atoms with E-state index in [1.165, 1.54) is 0 Å². The van der Waals surface area contributed by atoms with Crippen LogP contribution in [0.15, 0.2) is 18.2 Å². The zero-order chi connectivity index (χ0) is 9.66. The van der Waals surface area contributed by atoms with Crippen LogP contribution in [-0.4, -0.2) is 31.1 Å². The normalized spacial score (nSPS) is 8.40. The van der Waals surface area contributed by atoms with Crippen molar-refractivity contribution in [2.24, 2.45) is 0 Å². The summed E-state index contributed by atoms with van der Waals surface area (Å²) in [5.74, 6) is 0. The molecule has 0 amide bonds. The van der Waals surface area contributed by atoms with Crippen LogP contribution in [0.1, 0.15) is 6.42 Å². The molecule has 0 atom stereocenters. The predicted molar refractivity (Wildman–Crippen MR) is 65.9 cm³/mol. The Bertz CT molecular complexity index is 159. The molecule has 1 aliphatic carbocycles. The van der Waals surface area contributed by atoms with E-state index in [-0.39, 0.29) is 45.5 Å². The third-order valence-corrected chi connectivity index (χ3v) is 0.686.